The number of carbonyl (C=O) groups is 3. The molecule has 0 bridgehead atoms. The minimum absolute atomic E-state index is 0.00425. The number of nitrogens with zero attached hydrogens (tertiary/aromatic N) is 1. The Morgan fingerprint density at radius 3 is 1.95 bits per heavy atom. The van der Waals surface area contributed by atoms with E-state index in [9.17, 15) is 14.4 Å². The molecule has 3 amide bonds. The summed E-state index contributed by atoms with van der Waals surface area (Å²) in [5.74, 6) is -0.774. The van der Waals surface area contributed by atoms with Crippen molar-refractivity contribution in [1.82, 2.24) is 15.5 Å². The van der Waals surface area contributed by atoms with Crippen LogP contribution >= 0.6 is 0 Å². The molecule has 1 saturated heterocycles. The van der Waals surface area contributed by atoms with E-state index in [1.165, 1.54) is 0 Å². The van der Waals surface area contributed by atoms with Crippen LogP contribution in [0.2, 0.25) is 0 Å². The molecule has 0 saturated carbocycles. The maximum absolute atomic E-state index is 13.5. The largest absolute Gasteiger partial charge is 0.445 e. The SMILES string of the molecule is CC(C)[C@H](NC(=O)[C@H](C)NC(=O)OCc1ccccc1)[C@H]1C(=O)N(Cc2ccccc2)[C@@H]1c1ccccc1. The normalized spacial score (nSPS) is 18.3. The van der Waals surface area contributed by atoms with Gasteiger partial charge in [-0.1, -0.05) is 105 Å². The highest BCUT2D eigenvalue weighted by Crippen LogP contribution is 2.44. The van der Waals surface area contributed by atoms with Gasteiger partial charge in [0.1, 0.15) is 12.6 Å². The standard InChI is InChI=1S/C31H35N3O4/c1-21(2)27(33-29(35)22(3)32-31(37)38-20-24-15-9-5-10-16-24)26-28(25-17-11-6-12-18-25)34(30(26)36)19-23-13-7-4-8-14-23/h4-18,21-22,26-28H,19-20H2,1-3H3,(H,32,37)(H,33,35)/t22-,26+,27-,28+/m0/s1. The molecule has 1 heterocycles. The van der Waals surface area contributed by atoms with Crippen LogP contribution in [-0.2, 0) is 27.5 Å². The van der Waals surface area contributed by atoms with Gasteiger partial charge in [0, 0.05) is 12.6 Å². The van der Waals surface area contributed by atoms with Crippen molar-refractivity contribution >= 4 is 17.9 Å². The van der Waals surface area contributed by atoms with Crippen molar-refractivity contribution in [3.63, 3.8) is 0 Å². The van der Waals surface area contributed by atoms with E-state index in [4.69, 9.17) is 4.74 Å². The van der Waals surface area contributed by atoms with Crippen molar-refractivity contribution in [3.8, 4) is 0 Å². The number of amides is 3. The molecule has 0 aromatic heterocycles. The van der Waals surface area contributed by atoms with Crippen LogP contribution < -0.4 is 10.6 Å². The van der Waals surface area contributed by atoms with Crippen molar-refractivity contribution in [1.29, 1.82) is 0 Å². The van der Waals surface area contributed by atoms with Crippen LogP contribution in [-0.4, -0.2) is 34.9 Å². The highest BCUT2D eigenvalue weighted by molar-refractivity contribution is 5.90. The number of rotatable bonds is 10. The fourth-order valence-corrected chi connectivity index (χ4v) is 4.89. The zero-order valence-corrected chi connectivity index (χ0v) is 22.0. The number of hydrogen-bond acceptors (Lipinski definition) is 4. The summed E-state index contributed by atoms with van der Waals surface area (Å²) in [4.78, 5) is 40.8. The second kappa shape index (κ2) is 12.4. The molecule has 2 N–H and O–H groups in total. The third-order valence-electron chi connectivity index (χ3n) is 6.94. The lowest BCUT2D eigenvalue weighted by atomic mass is 9.74. The zero-order valence-electron chi connectivity index (χ0n) is 22.0. The number of hydrogen-bond donors (Lipinski definition) is 2. The summed E-state index contributed by atoms with van der Waals surface area (Å²) in [6.07, 6.45) is -0.673. The molecule has 38 heavy (non-hydrogen) atoms. The van der Waals surface area contributed by atoms with Crippen molar-refractivity contribution in [2.75, 3.05) is 0 Å². The molecule has 3 aromatic carbocycles. The first-order valence-electron chi connectivity index (χ1n) is 13.0. The maximum Gasteiger partial charge on any atom is 0.408 e. The number of ether oxygens (including phenoxy) is 1. The fourth-order valence-electron chi connectivity index (χ4n) is 4.89. The van der Waals surface area contributed by atoms with E-state index in [1.54, 1.807) is 6.92 Å². The summed E-state index contributed by atoms with van der Waals surface area (Å²) in [7, 11) is 0. The summed E-state index contributed by atoms with van der Waals surface area (Å²) >= 11 is 0. The van der Waals surface area contributed by atoms with Crippen LogP contribution in [0.5, 0.6) is 0 Å². The Morgan fingerprint density at radius 2 is 1.37 bits per heavy atom. The first kappa shape index (κ1) is 26.9. The topological polar surface area (TPSA) is 87.7 Å². The van der Waals surface area contributed by atoms with E-state index in [0.29, 0.717) is 6.54 Å². The van der Waals surface area contributed by atoms with Crippen LogP contribution in [0.25, 0.3) is 0 Å². The Balaban J connectivity index is 1.43. The third-order valence-corrected chi connectivity index (χ3v) is 6.94. The Bertz CT molecular complexity index is 1220. The molecule has 7 nitrogen and oxygen atoms in total. The minimum Gasteiger partial charge on any atom is -0.445 e. The molecule has 4 atom stereocenters. The third kappa shape index (κ3) is 6.40. The molecule has 7 heteroatoms. The average molecular weight is 514 g/mol. The van der Waals surface area contributed by atoms with Gasteiger partial charge in [-0.05, 0) is 29.5 Å². The monoisotopic (exact) mass is 513 g/mol. The molecule has 198 valence electrons. The van der Waals surface area contributed by atoms with Gasteiger partial charge in [-0.3, -0.25) is 9.59 Å². The molecule has 0 spiro atoms. The Hall–Kier alpha value is -4.13. The maximum atomic E-state index is 13.5. The number of carbonyl (C=O) groups excluding carboxylic acids is 3. The molecular formula is C31H35N3O4. The Labute approximate surface area is 224 Å². The quantitative estimate of drug-likeness (QED) is 0.380. The van der Waals surface area contributed by atoms with Crippen LogP contribution in [0.1, 0.15) is 43.5 Å². The summed E-state index contributed by atoms with van der Waals surface area (Å²) in [5.41, 5.74) is 2.94. The summed E-state index contributed by atoms with van der Waals surface area (Å²) in [6.45, 7) is 6.20. The number of alkyl carbamates (subject to hydrolysis) is 1. The van der Waals surface area contributed by atoms with E-state index >= 15 is 0 Å². The summed E-state index contributed by atoms with van der Waals surface area (Å²) < 4.78 is 5.25. The van der Waals surface area contributed by atoms with E-state index < -0.39 is 24.1 Å². The van der Waals surface area contributed by atoms with Crippen molar-refractivity contribution in [3.05, 3.63) is 108 Å². The molecule has 3 aromatic rings. The first-order chi connectivity index (χ1) is 18.3. The molecule has 0 unspecified atom stereocenters. The average Bonchev–Trinajstić information content (AvgIpc) is 2.93. The highest BCUT2D eigenvalue weighted by Gasteiger charge is 2.52. The fraction of sp³-hybridized carbons (Fsp3) is 0.323. The van der Waals surface area contributed by atoms with Gasteiger partial charge < -0.3 is 20.3 Å². The van der Waals surface area contributed by atoms with Gasteiger partial charge >= 0.3 is 6.09 Å². The Kier molecular flexibility index (Phi) is 8.79. The van der Waals surface area contributed by atoms with Gasteiger partial charge in [0.05, 0.1) is 12.0 Å². The van der Waals surface area contributed by atoms with E-state index in [1.807, 2.05) is 110 Å². The summed E-state index contributed by atoms with van der Waals surface area (Å²) in [5, 5.41) is 5.65. The van der Waals surface area contributed by atoms with Gasteiger partial charge in [-0.25, -0.2) is 4.79 Å². The zero-order chi connectivity index (χ0) is 27.1. The molecule has 4 rings (SSSR count). The molecule has 0 radical (unpaired) electrons. The number of likely N-dealkylation sites (tertiary alicyclic amines) is 1. The lowest BCUT2D eigenvalue weighted by Gasteiger charge is -2.51. The van der Waals surface area contributed by atoms with Gasteiger partial charge in [-0.2, -0.15) is 0 Å². The lowest BCUT2D eigenvalue weighted by molar-refractivity contribution is -0.162. The van der Waals surface area contributed by atoms with Crippen LogP contribution in [0, 0.1) is 11.8 Å². The van der Waals surface area contributed by atoms with Gasteiger partial charge in [0.15, 0.2) is 0 Å². The predicted molar refractivity (Wildman–Crippen MR) is 146 cm³/mol. The number of nitrogens with one attached hydrogen (secondary N) is 2. The van der Waals surface area contributed by atoms with Crippen LogP contribution in [0.4, 0.5) is 4.79 Å². The molecule has 1 aliphatic heterocycles. The molecule has 0 aliphatic carbocycles. The summed E-state index contributed by atoms with van der Waals surface area (Å²) in [6, 6.07) is 27.7. The second-order valence-electron chi connectivity index (χ2n) is 10.0. The smallest absolute Gasteiger partial charge is 0.408 e. The van der Waals surface area contributed by atoms with E-state index in [2.05, 4.69) is 10.6 Å². The van der Waals surface area contributed by atoms with Gasteiger partial charge in [0.2, 0.25) is 11.8 Å². The van der Waals surface area contributed by atoms with Crippen molar-refractivity contribution in [2.24, 2.45) is 11.8 Å². The van der Waals surface area contributed by atoms with Gasteiger partial charge in [0.25, 0.3) is 0 Å². The molecule has 1 fully saturated rings. The lowest BCUT2D eigenvalue weighted by Crippen LogP contribution is -2.64. The minimum atomic E-state index is -0.828. The van der Waals surface area contributed by atoms with E-state index in [0.717, 1.165) is 16.7 Å². The highest BCUT2D eigenvalue weighted by atomic mass is 16.5. The second-order valence-corrected chi connectivity index (χ2v) is 10.0. The molecular weight excluding hydrogens is 478 g/mol. The van der Waals surface area contributed by atoms with Crippen molar-refractivity contribution in [2.45, 2.75) is 52.0 Å². The molecule has 1 aliphatic rings. The Morgan fingerprint density at radius 1 is 0.816 bits per heavy atom. The van der Waals surface area contributed by atoms with Gasteiger partial charge in [-0.15, -0.1) is 0 Å². The number of β-lactam (4-membered cyclic amide) rings is 1. The first-order valence-corrected chi connectivity index (χ1v) is 13.0. The van der Waals surface area contributed by atoms with E-state index in [-0.39, 0.29) is 30.4 Å². The van der Waals surface area contributed by atoms with Crippen LogP contribution in [0.15, 0.2) is 91.0 Å². The predicted octanol–water partition coefficient (Wildman–Crippen LogP) is 4.84. The van der Waals surface area contributed by atoms with Crippen molar-refractivity contribution < 1.29 is 19.1 Å². The van der Waals surface area contributed by atoms with Crippen LogP contribution in [0.3, 0.4) is 0 Å². The number of benzene rings is 3.